The number of amides is 1. The average Bonchev–Trinajstić information content (AvgIpc) is 2.77. The molecule has 0 atom stereocenters. The Morgan fingerprint density at radius 2 is 1.25 bits per heavy atom. The monoisotopic (exact) mass is 463 g/mol. The Hall–Kier alpha value is -3.70. The fraction of sp³-hybridized carbons (Fsp3) is 0.200. The lowest BCUT2D eigenvalue weighted by Crippen LogP contribution is -2.06. The number of carbonyl (C=O) groups excluding carboxylic acids is 1. The summed E-state index contributed by atoms with van der Waals surface area (Å²) in [5.74, 6) is -16.7. The lowest BCUT2D eigenvalue weighted by atomic mass is 10.1. The van der Waals surface area contributed by atoms with E-state index >= 15 is 0 Å². The molecule has 0 saturated carbocycles. The van der Waals surface area contributed by atoms with Gasteiger partial charge in [-0.15, -0.1) is 0 Å². The molecule has 6 nitrogen and oxygen atoms in total. The molecular formula is C20H15F6NO5. The molecule has 0 radical (unpaired) electrons. The maximum atomic E-state index is 14.4. The van der Waals surface area contributed by atoms with E-state index in [0.29, 0.717) is 6.08 Å². The number of ether oxygens (including phenoxy) is 2. The molecule has 0 unspecified atom stereocenters. The Morgan fingerprint density at radius 1 is 0.812 bits per heavy atom. The van der Waals surface area contributed by atoms with Crippen molar-refractivity contribution < 1.29 is 50.8 Å². The zero-order valence-corrected chi connectivity index (χ0v) is 16.7. The summed E-state index contributed by atoms with van der Waals surface area (Å²) < 4.78 is 93.1. The fourth-order valence-electron chi connectivity index (χ4n) is 2.60. The highest BCUT2D eigenvalue weighted by molar-refractivity contribution is 6.04. The molecule has 0 bridgehead atoms. The predicted molar refractivity (Wildman–Crippen MR) is 99.9 cm³/mol. The number of methoxy groups -OCH3 is 2. The largest absolute Gasteiger partial charge is 0.502 e. The first-order valence-corrected chi connectivity index (χ1v) is 8.67. The summed E-state index contributed by atoms with van der Waals surface area (Å²) >= 11 is 0. The van der Waals surface area contributed by atoms with Gasteiger partial charge in [0.1, 0.15) is 0 Å². The van der Waals surface area contributed by atoms with E-state index in [4.69, 9.17) is 0 Å². The number of halogens is 6. The quantitative estimate of drug-likeness (QED) is 0.287. The highest BCUT2D eigenvalue weighted by atomic mass is 19.2. The minimum Gasteiger partial charge on any atom is -0.502 e. The van der Waals surface area contributed by atoms with Crippen LogP contribution in [0.1, 0.15) is 24.5 Å². The molecule has 0 heterocycles. The van der Waals surface area contributed by atoms with Crippen LogP contribution in [0.25, 0.3) is 6.08 Å². The highest BCUT2D eigenvalue weighted by Gasteiger charge is 2.27. The van der Waals surface area contributed by atoms with Gasteiger partial charge in [0.25, 0.3) is 5.91 Å². The van der Waals surface area contributed by atoms with Crippen LogP contribution in [-0.4, -0.2) is 36.6 Å². The van der Waals surface area contributed by atoms with E-state index in [1.54, 1.807) is 0 Å². The van der Waals surface area contributed by atoms with Crippen LogP contribution in [0, 0.1) is 34.9 Å². The second-order valence-corrected chi connectivity index (χ2v) is 6.06. The Morgan fingerprint density at radius 3 is 1.69 bits per heavy atom. The molecule has 0 aliphatic carbocycles. The van der Waals surface area contributed by atoms with Gasteiger partial charge in [0, 0.05) is 11.8 Å². The summed E-state index contributed by atoms with van der Waals surface area (Å²) in [7, 11) is 1.75. The molecule has 32 heavy (non-hydrogen) atoms. The molecular weight excluding hydrogens is 448 g/mol. The van der Waals surface area contributed by atoms with Gasteiger partial charge in [-0.2, -0.15) is 8.78 Å². The number of phenolic OH excluding ortho intramolecular Hbond substituents is 2. The number of hydrogen-bond acceptors (Lipinski definition) is 5. The molecule has 0 fully saturated rings. The smallest absolute Gasteiger partial charge is 0.272 e. The zero-order valence-electron chi connectivity index (χ0n) is 16.7. The average molecular weight is 463 g/mol. The number of aromatic hydroxyl groups is 2. The fourth-order valence-corrected chi connectivity index (χ4v) is 2.60. The zero-order chi connectivity index (χ0) is 24.3. The van der Waals surface area contributed by atoms with Gasteiger partial charge < -0.3 is 19.7 Å². The van der Waals surface area contributed by atoms with Gasteiger partial charge in [0.15, 0.2) is 23.3 Å². The van der Waals surface area contributed by atoms with E-state index in [1.807, 2.05) is 0 Å². The van der Waals surface area contributed by atoms with E-state index in [1.165, 1.54) is 6.92 Å². The van der Waals surface area contributed by atoms with Crippen molar-refractivity contribution in [3.8, 4) is 23.0 Å². The van der Waals surface area contributed by atoms with Crippen LogP contribution in [0.3, 0.4) is 0 Å². The molecule has 12 heteroatoms. The van der Waals surface area contributed by atoms with Crippen molar-refractivity contribution >= 4 is 18.2 Å². The number of phenols is 2. The van der Waals surface area contributed by atoms with E-state index in [2.05, 4.69) is 14.5 Å². The van der Waals surface area contributed by atoms with Gasteiger partial charge in [0.05, 0.1) is 25.3 Å². The summed E-state index contributed by atoms with van der Waals surface area (Å²) in [4.78, 5) is 15.5. The maximum Gasteiger partial charge on any atom is 0.272 e. The van der Waals surface area contributed by atoms with Crippen LogP contribution in [-0.2, 0) is 4.79 Å². The Bertz CT molecular complexity index is 1150. The van der Waals surface area contributed by atoms with Gasteiger partial charge >= 0.3 is 0 Å². The van der Waals surface area contributed by atoms with Crippen molar-refractivity contribution in [1.82, 2.24) is 0 Å². The molecule has 2 rings (SSSR count). The third kappa shape index (κ3) is 4.20. The van der Waals surface area contributed by atoms with Gasteiger partial charge in [-0.25, -0.2) is 22.6 Å². The second-order valence-electron chi connectivity index (χ2n) is 6.06. The lowest BCUT2D eigenvalue weighted by molar-refractivity contribution is -0.114. The van der Waals surface area contributed by atoms with Crippen molar-refractivity contribution in [1.29, 1.82) is 0 Å². The lowest BCUT2D eigenvalue weighted by Gasteiger charge is -2.11. The van der Waals surface area contributed by atoms with Crippen molar-refractivity contribution in [2.24, 2.45) is 4.99 Å². The van der Waals surface area contributed by atoms with Crippen LogP contribution in [0.2, 0.25) is 0 Å². The van der Waals surface area contributed by atoms with Crippen molar-refractivity contribution in [3.63, 3.8) is 0 Å². The first-order valence-electron chi connectivity index (χ1n) is 8.67. The third-order valence-electron chi connectivity index (χ3n) is 4.27. The first kappa shape index (κ1) is 24.6. The molecule has 2 aromatic carbocycles. The van der Waals surface area contributed by atoms with Crippen LogP contribution in [0.5, 0.6) is 23.0 Å². The van der Waals surface area contributed by atoms with Gasteiger partial charge in [0.2, 0.25) is 34.6 Å². The molecule has 0 saturated heterocycles. The number of carbonyl (C=O) groups is 1. The number of benzene rings is 2. The Kier molecular flexibility index (Phi) is 7.39. The Balaban J connectivity index is 2.56. The number of rotatable bonds is 6. The Labute approximate surface area is 177 Å². The van der Waals surface area contributed by atoms with Gasteiger partial charge in [-0.1, -0.05) is 6.92 Å². The molecule has 1 amide bonds. The topological polar surface area (TPSA) is 88.4 Å². The summed E-state index contributed by atoms with van der Waals surface area (Å²) in [5, 5.41) is 18.8. The summed E-state index contributed by atoms with van der Waals surface area (Å²) in [6.45, 7) is 1.35. The van der Waals surface area contributed by atoms with E-state index in [-0.39, 0.29) is 12.6 Å². The summed E-state index contributed by atoms with van der Waals surface area (Å²) in [6.07, 6.45) is 0.629. The second kappa shape index (κ2) is 9.62. The van der Waals surface area contributed by atoms with E-state index in [0.717, 1.165) is 14.2 Å². The maximum absolute atomic E-state index is 14.4. The van der Waals surface area contributed by atoms with Crippen LogP contribution >= 0.6 is 0 Å². The molecule has 2 N–H and O–H groups in total. The number of aliphatic imine (C=N–C) groups is 1. The standard InChI is InChI=1S/C20H15F6NO5/c1-4-7(5-8-10(21)14(25)16(28)18(31-2)12(8)23)20(30)27-6-9-11(22)15(26)17(29)19(32-3)13(9)24/h5-6,28-29H,4H2,1-3H3/b7-5+,27-6+. The van der Waals surface area contributed by atoms with Crippen LogP contribution in [0.15, 0.2) is 10.6 Å². The van der Waals surface area contributed by atoms with Gasteiger partial charge in [-0.3, -0.25) is 4.79 Å². The summed E-state index contributed by atoms with van der Waals surface area (Å²) in [6, 6.07) is 0. The van der Waals surface area contributed by atoms with Crippen molar-refractivity contribution in [2.75, 3.05) is 14.2 Å². The van der Waals surface area contributed by atoms with Crippen molar-refractivity contribution in [2.45, 2.75) is 13.3 Å². The molecule has 0 aliphatic rings. The number of hydrogen-bond donors (Lipinski definition) is 2. The van der Waals surface area contributed by atoms with Crippen LogP contribution < -0.4 is 9.47 Å². The minimum absolute atomic E-state index is 0.224. The van der Waals surface area contributed by atoms with Crippen molar-refractivity contribution in [3.05, 3.63) is 51.6 Å². The molecule has 2 aromatic rings. The predicted octanol–water partition coefficient (Wildman–Crippen LogP) is 4.39. The third-order valence-corrected chi connectivity index (χ3v) is 4.27. The van der Waals surface area contributed by atoms with Gasteiger partial charge in [-0.05, 0) is 12.5 Å². The molecule has 0 aromatic heterocycles. The highest BCUT2D eigenvalue weighted by Crippen LogP contribution is 2.38. The molecule has 0 aliphatic heterocycles. The first-order chi connectivity index (χ1) is 15.0. The van der Waals surface area contributed by atoms with E-state index < -0.39 is 80.5 Å². The molecule has 172 valence electrons. The normalized spacial score (nSPS) is 11.8. The SMILES string of the molecule is CC/C(=C\c1c(F)c(F)c(O)c(OC)c1F)C(=O)/N=C/c1c(F)c(F)c(O)c(OC)c1F. The van der Waals surface area contributed by atoms with E-state index in [9.17, 15) is 41.4 Å². The van der Waals surface area contributed by atoms with Crippen LogP contribution in [0.4, 0.5) is 26.3 Å². The molecule has 0 spiro atoms. The minimum atomic E-state index is -1.87. The summed E-state index contributed by atoms with van der Waals surface area (Å²) in [5.41, 5.74) is -2.69. The number of nitrogens with zero attached hydrogens (tertiary/aromatic N) is 1.